The van der Waals surface area contributed by atoms with Crippen molar-refractivity contribution in [3.8, 4) is 5.75 Å². The van der Waals surface area contributed by atoms with Crippen LogP contribution in [0.3, 0.4) is 0 Å². The molecule has 0 saturated heterocycles. The molecule has 6 heteroatoms. The normalized spacial score (nSPS) is 11.6. The van der Waals surface area contributed by atoms with Crippen molar-refractivity contribution in [3.63, 3.8) is 0 Å². The minimum absolute atomic E-state index is 0.119. The number of hydrogen-bond acceptors (Lipinski definition) is 3. The largest absolute Gasteiger partial charge is 0.505 e. The Morgan fingerprint density at radius 3 is 2.47 bits per heavy atom. The second-order valence-corrected chi connectivity index (χ2v) is 9.57. The van der Waals surface area contributed by atoms with Gasteiger partial charge in [-0.05, 0) is 36.1 Å². The Balaban J connectivity index is 1.65. The van der Waals surface area contributed by atoms with Crippen LogP contribution in [-0.4, -0.2) is 26.9 Å². The van der Waals surface area contributed by atoms with Gasteiger partial charge in [-0.15, -0.1) is 0 Å². The van der Waals surface area contributed by atoms with Crippen molar-refractivity contribution < 1.29 is 14.3 Å². The van der Waals surface area contributed by atoms with Gasteiger partial charge in [0.1, 0.15) is 17.2 Å². The molecule has 0 atom stereocenters. The number of hydrogen-bond donors (Lipinski definition) is 2. The molecule has 5 nitrogen and oxygen atoms in total. The summed E-state index contributed by atoms with van der Waals surface area (Å²) in [6.45, 7) is 6.60. The molecule has 0 spiro atoms. The fourth-order valence-electron chi connectivity index (χ4n) is 4.03. The van der Waals surface area contributed by atoms with Gasteiger partial charge in [-0.3, -0.25) is 9.20 Å². The van der Waals surface area contributed by atoms with Gasteiger partial charge in [-0.1, -0.05) is 69.3 Å². The Bertz CT molecular complexity index is 1310. The van der Waals surface area contributed by atoms with Gasteiger partial charge in [-0.25, -0.2) is 9.37 Å². The molecule has 1 amide bonds. The van der Waals surface area contributed by atoms with E-state index in [1.54, 1.807) is 22.6 Å². The molecule has 0 unspecified atom stereocenters. The molecule has 4 aromatic rings. The van der Waals surface area contributed by atoms with Gasteiger partial charge in [0, 0.05) is 35.8 Å². The third-order valence-electron chi connectivity index (χ3n) is 5.87. The number of aromatic nitrogens is 2. The maximum Gasteiger partial charge on any atom is 0.272 e. The Morgan fingerprint density at radius 1 is 1.06 bits per heavy atom. The van der Waals surface area contributed by atoms with Crippen molar-refractivity contribution in [1.82, 2.24) is 14.7 Å². The number of benzene rings is 2. The van der Waals surface area contributed by atoms with Gasteiger partial charge in [0.05, 0.1) is 0 Å². The monoisotopic (exact) mass is 459 g/mol. The molecule has 34 heavy (non-hydrogen) atoms. The number of nitrogens with one attached hydrogen (secondary N) is 1. The number of aryl methyl sites for hydroxylation is 1. The molecular formula is C28H30FN3O2. The van der Waals surface area contributed by atoms with Gasteiger partial charge in [0.15, 0.2) is 5.69 Å². The van der Waals surface area contributed by atoms with Crippen molar-refractivity contribution in [1.29, 1.82) is 0 Å². The van der Waals surface area contributed by atoms with E-state index in [9.17, 15) is 14.3 Å². The summed E-state index contributed by atoms with van der Waals surface area (Å²) in [5.74, 6) is -0.840. The van der Waals surface area contributed by atoms with Crippen LogP contribution in [0.25, 0.3) is 5.65 Å². The molecule has 4 rings (SSSR count). The van der Waals surface area contributed by atoms with Gasteiger partial charge in [0.2, 0.25) is 0 Å². The highest BCUT2D eigenvalue weighted by atomic mass is 19.1. The van der Waals surface area contributed by atoms with Gasteiger partial charge < -0.3 is 10.4 Å². The zero-order valence-corrected chi connectivity index (χ0v) is 19.8. The summed E-state index contributed by atoms with van der Waals surface area (Å²) in [7, 11) is 0. The lowest BCUT2D eigenvalue weighted by atomic mass is 9.91. The minimum atomic E-state index is -0.384. The maximum absolute atomic E-state index is 14.5. The second-order valence-electron chi connectivity index (χ2n) is 9.57. The standard InChI is InChI=1S/C28H30FN3O2/c1-28(2,3)24-17-21(16-20-13-7-8-14-22(20)29)32-25(31-24)18-23(33)26(32)27(34)30-15-9-12-19-10-5-4-6-11-19/h4-8,10-11,13-14,17-18,33H,9,12,15-16H2,1-3H3,(H,30,34). The van der Waals surface area contributed by atoms with Crippen LogP contribution in [-0.2, 0) is 18.3 Å². The topological polar surface area (TPSA) is 66.6 Å². The molecule has 0 aliphatic heterocycles. The van der Waals surface area contributed by atoms with E-state index in [1.165, 1.54) is 17.7 Å². The quantitative estimate of drug-likeness (QED) is 0.362. The lowest BCUT2D eigenvalue weighted by Crippen LogP contribution is -2.27. The zero-order valence-electron chi connectivity index (χ0n) is 19.8. The predicted octanol–water partition coefficient (Wildman–Crippen LogP) is 5.43. The Labute approximate surface area is 199 Å². The third-order valence-corrected chi connectivity index (χ3v) is 5.87. The molecule has 176 valence electrons. The number of carbonyl (C=O) groups excluding carboxylic acids is 1. The lowest BCUT2D eigenvalue weighted by molar-refractivity contribution is 0.0944. The number of halogens is 1. The third kappa shape index (κ3) is 5.11. The summed E-state index contributed by atoms with van der Waals surface area (Å²) in [6, 6.07) is 20.1. The van der Waals surface area contributed by atoms with E-state index in [0.29, 0.717) is 23.4 Å². The fourth-order valence-corrected chi connectivity index (χ4v) is 4.03. The molecule has 0 aliphatic carbocycles. The van der Waals surface area contributed by atoms with Crippen LogP contribution >= 0.6 is 0 Å². The molecule has 0 bridgehead atoms. The Morgan fingerprint density at radius 2 is 1.76 bits per heavy atom. The predicted molar refractivity (Wildman–Crippen MR) is 132 cm³/mol. The highest BCUT2D eigenvalue weighted by Crippen LogP contribution is 2.29. The van der Waals surface area contributed by atoms with Gasteiger partial charge in [-0.2, -0.15) is 0 Å². The average molecular weight is 460 g/mol. The van der Waals surface area contributed by atoms with E-state index in [4.69, 9.17) is 4.98 Å². The van der Waals surface area contributed by atoms with Crippen molar-refractivity contribution in [3.05, 3.63) is 101 Å². The molecule has 0 aliphatic rings. The van der Waals surface area contributed by atoms with Crippen molar-refractivity contribution in [2.45, 2.75) is 45.4 Å². The molecule has 2 heterocycles. The van der Waals surface area contributed by atoms with E-state index in [0.717, 1.165) is 18.5 Å². The van der Waals surface area contributed by atoms with Crippen molar-refractivity contribution in [2.75, 3.05) is 6.54 Å². The smallest absolute Gasteiger partial charge is 0.272 e. The summed E-state index contributed by atoms with van der Waals surface area (Å²) < 4.78 is 16.1. The van der Waals surface area contributed by atoms with Crippen LogP contribution in [0.1, 0.15) is 60.2 Å². The summed E-state index contributed by atoms with van der Waals surface area (Å²) >= 11 is 0. The summed E-state index contributed by atoms with van der Waals surface area (Å²) in [5, 5.41) is 13.6. The number of rotatable bonds is 7. The summed E-state index contributed by atoms with van der Waals surface area (Å²) in [5.41, 5.74) is 3.54. The van der Waals surface area contributed by atoms with E-state index in [1.807, 2.05) is 45.0 Å². The molecule has 0 fully saturated rings. The first-order valence-electron chi connectivity index (χ1n) is 11.5. The Kier molecular flexibility index (Phi) is 6.68. The second kappa shape index (κ2) is 9.67. The molecule has 0 saturated carbocycles. The van der Waals surface area contributed by atoms with Crippen LogP contribution in [0, 0.1) is 5.82 Å². The summed E-state index contributed by atoms with van der Waals surface area (Å²) in [6.07, 6.45) is 1.88. The summed E-state index contributed by atoms with van der Waals surface area (Å²) in [4.78, 5) is 17.8. The average Bonchev–Trinajstić information content (AvgIpc) is 3.14. The van der Waals surface area contributed by atoms with Crippen LogP contribution in [0.15, 0.2) is 66.7 Å². The number of fused-ring (bicyclic) bond motifs is 1. The van der Waals surface area contributed by atoms with Crippen molar-refractivity contribution in [2.24, 2.45) is 0 Å². The number of nitrogens with zero attached hydrogens (tertiary/aromatic N) is 2. The molecule has 2 aromatic carbocycles. The number of amides is 1. The van der Waals surface area contributed by atoms with Gasteiger partial charge >= 0.3 is 0 Å². The number of aromatic hydroxyl groups is 1. The van der Waals surface area contributed by atoms with Crippen LogP contribution in [0.4, 0.5) is 4.39 Å². The van der Waals surface area contributed by atoms with Crippen LogP contribution in [0.5, 0.6) is 5.75 Å². The fraction of sp³-hybridized carbons (Fsp3) is 0.286. The molecule has 2 aromatic heterocycles. The maximum atomic E-state index is 14.5. The first kappa shape index (κ1) is 23.5. The molecular weight excluding hydrogens is 429 g/mol. The van der Waals surface area contributed by atoms with E-state index >= 15 is 0 Å². The molecule has 0 radical (unpaired) electrons. The van der Waals surface area contributed by atoms with Crippen LogP contribution in [0.2, 0.25) is 0 Å². The van der Waals surface area contributed by atoms with Crippen molar-refractivity contribution >= 4 is 11.6 Å². The van der Waals surface area contributed by atoms with Gasteiger partial charge in [0.25, 0.3) is 5.91 Å². The van der Waals surface area contributed by atoms with E-state index in [2.05, 4.69) is 17.4 Å². The molecule has 2 N–H and O–H groups in total. The number of carbonyl (C=O) groups is 1. The Hall–Kier alpha value is -3.67. The van der Waals surface area contributed by atoms with E-state index < -0.39 is 0 Å². The highest BCUT2D eigenvalue weighted by molar-refractivity contribution is 5.96. The SMILES string of the molecule is CC(C)(C)c1cc(Cc2ccccc2F)n2c(C(=O)NCCCc3ccccc3)c(O)cc2n1. The first-order chi connectivity index (χ1) is 16.2. The highest BCUT2D eigenvalue weighted by Gasteiger charge is 2.24. The van der Waals surface area contributed by atoms with E-state index in [-0.39, 0.29) is 35.0 Å². The van der Waals surface area contributed by atoms with Crippen LogP contribution < -0.4 is 5.32 Å². The lowest BCUT2D eigenvalue weighted by Gasteiger charge is -2.20. The first-order valence-corrected chi connectivity index (χ1v) is 11.5. The zero-order chi connectivity index (χ0) is 24.3. The minimum Gasteiger partial charge on any atom is -0.505 e.